The average Bonchev–Trinajstić information content (AvgIpc) is 2.44. The molecule has 0 spiro atoms. The third-order valence-corrected chi connectivity index (χ3v) is 3.79. The molecule has 0 unspecified atom stereocenters. The fraction of sp³-hybridized carbons (Fsp3) is 0.250. The van der Waals surface area contributed by atoms with Crippen LogP contribution in [0.25, 0.3) is 0 Å². The monoisotopic (exact) mass is 332 g/mol. The van der Waals surface area contributed by atoms with Crippen molar-refractivity contribution in [2.75, 3.05) is 16.8 Å². The quantitative estimate of drug-likeness (QED) is 0.791. The lowest BCUT2D eigenvalue weighted by Crippen LogP contribution is -2.27. The SMILES string of the molecule is CC(C)(C)OC(=O)Nc1ccc(Sc2ccnc(N)c2N)cc1. The van der Waals surface area contributed by atoms with Gasteiger partial charge in [0.15, 0.2) is 0 Å². The topological polar surface area (TPSA) is 103 Å². The fourth-order valence-electron chi connectivity index (χ4n) is 1.71. The van der Waals surface area contributed by atoms with Crippen molar-refractivity contribution in [3.05, 3.63) is 36.5 Å². The molecule has 0 saturated carbocycles. The van der Waals surface area contributed by atoms with Crippen LogP contribution < -0.4 is 16.8 Å². The summed E-state index contributed by atoms with van der Waals surface area (Å²) in [7, 11) is 0. The van der Waals surface area contributed by atoms with E-state index in [1.807, 2.05) is 39.0 Å². The second-order valence-electron chi connectivity index (χ2n) is 5.86. The van der Waals surface area contributed by atoms with Gasteiger partial charge >= 0.3 is 6.09 Å². The van der Waals surface area contributed by atoms with Crippen molar-refractivity contribution in [3.63, 3.8) is 0 Å². The first-order chi connectivity index (χ1) is 10.7. The average molecular weight is 332 g/mol. The first-order valence-electron chi connectivity index (χ1n) is 7.02. The Balaban J connectivity index is 2.02. The van der Waals surface area contributed by atoms with Gasteiger partial charge in [-0.15, -0.1) is 0 Å². The van der Waals surface area contributed by atoms with Crippen LogP contribution >= 0.6 is 11.8 Å². The van der Waals surface area contributed by atoms with Crippen molar-refractivity contribution < 1.29 is 9.53 Å². The highest BCUT2D eigenvalue weighted by Crippen LogP contribution is 2.34. The van der Waals surface area contributed by atoms with E-state index in [0.29, 0.717) is 17.2 Å². The number of amides is 1. The number of hydrogen-bond donors (Lipinski definition) is 3. The maximum atomic E-state index is 11.7. The normalized spacial score (nSPS) is 11.1. The second-order valence-corrected chi connectivity index (χ2v) is 6.98. The van der Waals surface area contributed by atoms with Crippen LogP contribution in [0.3, 0.4) is 0 Å². The van der Waals surface area contributed by atoms with Crippen LogP contribution in [0.1, 0.15) is 20.8 Å². The number of nitrogens with zero attached hydrogens (tertiary/aromatic N) is 1. The van der Waals surface area contributed by atoms with Crippen molar-refractivity contribution in [2.45, 2.75) is 36.2 Å². The molecule has 2 aromatic rings. The van der Waals surface area contributed by atoms with E-state index in [4.69, 9.17) is 16.2 Å². The molecule has 1 aromatic heterocycles. The summed E-state index contributed by atoms with van der Waals surface area (Å²) in [5.41, 5.74) is 12.2. The van der Waals surface area contributed by atoms with E-state index in [-0.39, 0.29) is 0 Å². The molecule has 5 N–H and O–H groups in total. The van der Waals surface area contributed by atoms with Crippen LogP contribution in [0.5, 0.6) is 0 Å². The number of rotatable bonds is 3. The number of anilines is 3. The van der Waals surface area contributed by atoms with Gasteiger partial charge in [-0.3, -0.25) is 5.32 Å². The molecule has 1 aromatic carbocycles. The molecule has 0 atom stereocenters. The first kappa shape index (κ1) is 17.0. The molecule has 0 radical (unpaired) electrons. The summed E-state index contributed by atoms with van der Waals surface area (Å²) in [4.78, 5) is 17.5. The highest BCUT2D eigenvalue weighted by atomic mass is 32.2. The lowest BCUT2D eigenvalue weighted by Gasteiger charge is -2.19. The van der Waals surface area contributed by atoms with E-state index in [1.165, 1.54) is 11.8 Å². The van der Waals surface area contributed by atoms with Crippen LogP contribution in [-0.4, -0.2) is 16.7 Å². The van der Waals surface area contributed by atoms with E-state index >= 15 is 0 Å². The number of ether oxygens (including phenoxy) is 1. The standard InChI is InChI=1S/C16H20N4O2S/c1-16(2,3)22-15(21)20-10-4-6-11(7-5-10)23-12-8-9-19-14(18)13(12)17/h4-9H,17H2,1-3H3,(H2,18,19)(H,20,21). The molecule has 2 rings (SSSR count). The Bertz CT molecular complexity index is 696. The van der Waals surface area contributed by atoms with Gasteiger partial charge in [-0.25, -0.2) is 9.78 Å². The Labute approximate surface area is 139 Å². The fourth-order valence-corrected chi connectivity index (χ4v) is 2.58. The minimum atomic E-state index is -0.529. The Kier molecular flexibility index (Phi) is 5.00. The number of hydrogen-bond acceptors (Lipinski definition) is 6. The van der Waals surface area contributed by atoms with E-state index in [0.717, 1.165) is 9.79 Å². The van der Waals surface area contributed by atoms with Gasteiger partial charge in [0.05, 0.1) is 5.69 Å². The number of benzene rings is 1. The molecule has 1 amide bonds. The zero-order valence-electron chi connectivity index (χ0n) is 13.3. The summed E-state index contributed by atoms with van der Waals surface area (Å²) in [6.07, 6.45) is 1.14. The maximum absolute atomic E-state index is 11.7. The predicted molar refractivity (Wildman–Crippen MR) is 93.5 cm³/mol. The number of nitrogens with two attached hydrogens (primary N) is 2. The Hall–Kier alpha value is -2.41. The summed E-state index contributed by atoms with van der Waals surface area (Å²) in [5.74, 6) is 0.318. The summed E-state index contributed by atoms with van der Waals surface area (Å²) in [6.45, 7) is 5.45. The highest BCUT2D eigenvalue weighted by Gasteiger charge is 2.16. The summed E-state index contributed by atoms with van der Waals surface area (Å²) < 4.78 is 5.20. The lowest BCUT2D eigenvalue weighted by molar-refractivity contribution is 0.0636. The third-order valence-electron chi connectivity index (χ3n) is 2.71. The molecule has 0 aliphatic carbocycles. The van der Waals surface area contributed by atoms with Crippen molar-refractivity contribution in [2.24, 2.45) is 0 Å². The summed E-state index contributed by atoms with van der Waals surface area (Å²) in [6, 6.07) is 9.17. The van der Waals surface area contributed by atoms with Crippen molar-refractivity contribution in [1.82, 2.24) is 4.98 Å². The number of nitrogen functional groups attached to an aromatic ring is 2. The number of carbonyl (C=O) groups excluding carboxylic acids is 1. The summed E-state index contributed by atoms with van der Waals surface area (Å²) in [5, 5.41) is 2.68. The molecule has 23 heavy (non-hydrogen) atoms. The van der Waals surface area contributed by atoms with Crippen molar-refractivity contribution in [1.29, 1.82) is 0 Å². The smallest absolute Gasteiger partial charge is 0.412 e. The highest BCUT2D eigenvalue weighted by molar-refractivity contribution is 7.99. The van der Waals surface area contributed by atoms with E-state index in [1.54, 1.807) is 18.3 Å². The molecule has 122 valence electrons. The zero-order valence-corrected chi connectivity index (χ0v) is 14.1. The van der Waals surface area contributed by atoms with Crippen LogP contribution in [0.4, 0.5) is 22.0 Å². The molecule has 6 nitrogen and oxygen atoms in total. The molecule has 0 fully saturated rings. The van der Waals surface area contributed by atoms with E-state index in [2.05, 4.69) is 10.3 Å². The van der Waals surface area contributed by atoms with Gasteiger partial charge in [-0.1, -0.05) is 11.8 Å². The molecule has 0 aliphatic heterocycles. The number of pyridine rings is 1. The molecule has 1 heterocycles. The maximum Gasteiger partial charge on any atom is 0.412 e. The van der Waals surface area contributed by atoms with Gasteiger partial charge in [-0.05, 0) is 51.1 Å². The predicted octanol–water partition coefficient (Wildman–Crippen LogP) is 3.74. The van der Waals surface area contributed by atoms with Crippen LogP contribution in [0.15, 0.2) is 46.3 Å². The van der Waals surface area contributed by atoms with Crippen LogP contribution in [-0.2, 0) is 4.74 Å². The molecule has 7 heteroatoms. The van der Waals surface area contributed by atoms with Crippen LogP contribution in [0, 0.1) is 0 Å². The summed E-state index contributed by atoms with van der Waals surface area (Å²) >= 11 is 1.48. The number of aromatic nitrogens is 1. The largest absolute Gasteiger partial charge is 0.444 e. The van der Waals surface area contributed by atoms with Crippen LogP contribution in [0.2, 0.25) is 0 Å². The molecular formula is C16H20N4O2S. The van der Waals surface area contributed by atoms with Gasteiger partial charge < -0.3 is 16.2 Å². The van der Waals surface area contributed by atoms with Gasteiger partial charge in [0.2, 0.25) is 0 Å². The van der Waals surface area contributed by atoms with Crippen molar-refractivity contribution in [3.8, 4) is 0 Å². The van der Waals surface area contributed by atoms with E-state index < -0.39 is 11.7 Å². The number of carbonyl (C=O) groups is 1. The Morgan fingerprint density at radius 1 is 1.17 bits per heavy atom. The van der Waals surface area contributed by atoms with Gasteiger partial charge in [0.25, 0.3) is 0 Å². The van der Waals surface area contributed by atoms with E-state index in [9.17, 15) is 4.79 Å². The Morgan fingerprint density at radius 2 is 1.83 bits per heavy atom. The minimum Gasteiger partial charge on any atom is -0.444 e. The first-order valence-corrected chi connectivity index (χ1v) is 7.84. The molecule has 0 aliphatic rings. The zero-order chi connectivity index (χ0) is 17.0. The second kappa shape index (κ2) is 6.78. The van der Waals surface area contributed by atoms with Gasteiger partial charge in [0.1, 0.15) is 11.4 Å². The van der Waals surface area contributed by atoms with Crippen molar-refractivity contribution >= 4 is 35.0 Å². The minimum absolute atomic E-state index is 0.318. The lowest BCUT2D eigenvalue weighted by atomic mass is 10.2. The number of nitrogens with one attached hydrogen (secondary N) is 1. The third kappa shape index (κ3) is 5.07. The Morgan fingerprint density at radius 3 is 2.43 bits per heavy atom. The molecule has 0 bridgehead atoms. The molecule has 0 saturated heterocycles. The molecular weight excluding hydrogens is 312 g/mol. The van der Waals surface area contributed by atoms with Gasteiger partial charge in [0, 0.05) is 21.7 Å². The van der Waals surface area contributed by atoms with Gasteiger partial charge in [-0.2, -0.15) is 0 Å².